The Kier molecular flexibility index (Phi) is 6.00. The Morgan fingerprint density at radius 2 is 1.88 bits per heavy atom. The number of likely N-dealkylation sites (tertiary alicyclic amines) is 1. The Hall–Kier alpha value is -1.43. The monoisotopic (exact) mass is 374 g/mol. The lowest BCUT2D eigenvalue weighted by molar-refractivity contribution is 0.107. The maximum atomic E-state index is 13.1. The fraction of sp³-hybridized carbons (Fsp3) is 0.524. The summed E-state index contributed by atoms with van der Waals surface area (Å²) in [6.07, 6.45) is 4.65. The fourth-order valence-electron chi connectivity index (χ4n) is 4.02. The van der Waals surface area contributed by atoms with E-state index in [1.807, 2.05) is 36.4 Å². The summed E-state index contributed by atoms with van der Waals surface area (Å²) < 4.78 is 27.7. The minimum absolute atomic E-state index is 0.399. The van der Waals surface area contributed by atoms with Crippen LogP contribution in [0.1, 0.15) is 39.5 Å². The Bertz CT molecular complexity index is 845. The van der Waals surface area contributed by atoms with Crippen molar-refractivity contribution in [1.29, 1.82) is 0 Å². The molecule has 2 aromatic rings. The predicted octanol–water partition coefficient (Wildman–Crippen LogP) is 4.11. The number of fused-ring (bicyclic) bond motifs is 1. The van der Waals surface area contributed by atoms with Crippen LogP contribution < -0.4 is 0 Å². The highest BCUT2D eigenvalue weighted by atomic mass is 32.2. The van der Waals surface area contributed by atoms with Crippen LogP contribution in [0.5, 0.6) is 0 Å². The van der Waals surface area contributed by atoms with Gasteiger partial charge in [0.25, 0.3) is 0 Å². The van der Waals surface area contributed by atoms with E-state index >= 15 is 0 Å². The molecule has 1 heterocycles. The molecule has 0 spiro atoms. The SMILES string of the molecule is C[C@@H]1CCCCN1[C@H](C)CCN(C)S(=O)(=O)c1cccc2ccccc12. The van der Waals surface area contributed by atoms with E-state index in [2.05, 4.69) is 18.7 Å². The average molecular weight is 375 g/mol. The number of benzene rings is 2. The molecule has 1 fully saturated rings. The first-order chi connectivity index (χ1) is 12.4. The van der Waals surface area contributed by atoms with Crippen molar-refractivity contribution in [2.24, 2.45) is 0 Å². The van der Waals surface area contributed by atoms with Crippen molar-refractivity contribution >= 4 is 20.8 Å². The zero-order valence-corrected chi connectivity index (χ0v) is 16.9. The zero-order chi connectivity index (χ0) is 18.7. The summed E-state index contributed by atoms with van der Waals surface area (Å²) in [5.74, 6) is 0. The van der Waals surface area contributed by atoms with E-state index in [1.54, 1.807) is 13.1 Å². The van der Waals surface area contributed by atoms with Gasteiger partial charge in [-0.05, 0) is 51.1 Å². The van der Waals surface area contributed by atoms with Gasteiger partial charge < -0.3 is 0 Å². The van der Waals surface area contributed by atoms with E-state index in [1.165, 1.54) is 23.6 Å². The van der Waals surface area contributed by atoms with Crippen molar-refractivity contribution in [3.63, 3.8) is 0 Å². The summed E-state index contributed by atoms with van der Waals surface area (Å²) in [6, 6.07) is 14.1. The molecule has 0 aliphatic carbocycles. The van der Waals surface area contributed by atoms with E-state index in [-0.39, 0.29) is 0 Å². The van der Waals surface area contributed by atoms with Crippen LogP contribution in [0.3, 0.4) is 0 Å². The summed E-state index contributed by atoms with van der Waals surface area (Å²) in [5.41, 5.74) is 0. The third kappa shape index (κ3) is 3.95. The van der Waals surface area contributed by atoms with Crippen LogP contribution in [0.4, 0.5) is 0 Å². The topological polar surface area (TPSA) is 40.6 Å². The lowest BCUT2D eigenvalue weighted by Gasteiger charge is -2.38. The van der Waals surface area contributed by atoms with Gasteiger partial charge >= 0.3 is 0 Å². The van der Waals surface area contributed by atoms with Crippen molar-refractivity contribution in [2.45, 2.75) is 56.5 Å². The van der Waals surface area contributed by atoms with Gasteiger partial charge in [0, 0.05) is 31.1 Å². The van der Waals surface area contributed by atoms with Crippen molar-refractivity contribution in [2.75, 3.05) is 20.1 Å². The molecule has 0 unspecified atom stereocenters. The number of hydrogen-bond donors (Lipinski definition) is 0. The second-order valence-electron chi connectivity index (χ2n) is 7.52. The molecule has 1 aliphatic rings. The molecule has 142 valence electrons. The van der Waals surface area contributed by atoms with Gasteiger partial charge in [-0.3, -0.25) is 4.90 Å². The Labute approximate surface area is 157 Å². The largest absolute Gasteiger partial charge is 0.298 e. The molecule has 2 aromatic carbocycles. The lowest BCUT2D eigenvalue weighted by atomic mass is 10.0. The minimum atomic E-state index is -3.49. The van der Waals surface area contributed by atoms with Crippen LogP contribution in [0, 0.1) is 0 Å². The minimum Gasteiger partial charge on any atom is -0.298 e. The molecule has 0 radical (unpaired) electrons. The lowest BCUT2D eigenvalue weighted by Crippen LogP contribution is -2.44. The summed E-state index contributed by atoms with van der Waals surface area (Å²) >= 11 is 0. The molecule has 1 aliphatic heterocycles. The van der Waals surface area contributed by atoms with Gasteiger partial charge in [-0.1, -0.05) is 42.8 Å². The molecule has 2 atom stereocenters. The van der Waals surface area contributed by atoms with E-state index in [4.69, 9.17) is 0 Å². The number of piperidine rings is 1. The highest BCUT2D eigenvalue weighted by Gasteiger charge is 2.26. The molecule has 1 saturated heterocycles. The quantitative estimate of drug-likeness (QED) is 0.764. The number of nitrogens with zero attached hydrogens (tertiary/aromatic N) is 2. The molecular formula is C21H30N2O2S. The standard InChI is InChI=1S/C21H30N2O2S/c1-17-9-6-7-15-23(17)18(2)14-16-22(3)26(24,25)21-13-8-11-19-10-4-5-12-20(19)21/h4-5,8,10-13,17-18H,6-7,9,14-16H2,1-3H3/t17-,18-/m1/s1. The first-order valence-electron chi connectivity index (χ1n) is 9.61. The molecule has 4 nitrogen and oxygen atoms in total. The maximum absolute atomic E-state index is 13.1. The van der Waals surface area contributed by atoms with Gasteiger partial charge in [0.1, 0.15) is 0 Å². The third-order valence-corrected chi connectivity index (χ3v) is 7.64. The maximum Gasteiger partial charge on any atom is 0.243 e. The fourth-order valence-corrected chi connectivity index (χ4v) is 5.41. The van der Waals surface area contributed by atoms with Gasteiger partial charge in [-0.25, -0.2) is 12.7 Å². The average Bonchev–Trinajstić information content (AvgIpc) is 2.65. The molecular weight excluding hydrogens is 344 g/mol. The van der Waals surface area contributed by atoms with E-state index in [0.717, 1.165) is 23.7 Å². The summed E-state index contributed by atoms with van der Waals surface area (Å²) in [7, 11) is -1.79. The summed E-state index contributed by atoms with van der Waals surface area (Å²) in [4.78, 5) is 2.93. The molecule has 5 heteroatoms. The molecule has 0 amide bonds. The number of hydrogen-bond acceptors (Lipinski definition) is 3. The van der Waals surface area contributed by atoms with Crippen LogP contribution in [0.15, 0.2) is 47.4 Å². The smallest absolute Gasteiger partial charge is 0.243 e. The van der Waals surface area contributed by atoms with Gasteiger partial charge in [-0.2, -0.15) is 0 Å². The molecule has 0 aromatic heterocycles. The normalized spacial score (nSPS) is 20.5. The van der Waals surface area contributed by atoms with E-state index in [0.29, 0.717) is 23.5 Å². The predicted molar refractivity (Wildman–Crippen MR) is 108 cm³/mol. The highest BCUT2D eigenvalue weighted by Crippen LogP contribution is 2.26. The number of sulfonamides is 1. The summed E-state index contributed by atoms with van der Waals surface area (Å²) in [6.45, 7) is 6.17. The van der Waals surface area contributed by atoms with E-state index < -0.39 is 10.0 Å². The second kappa shape index (κ2) is 8.07. The number of rotatable bonds is 6. The third-order valence-electron chi connectivity index (χ3n) is 5.72. The zero-order valence-electron chi connectivity index (χ0n) is 16.1. The van der Waals surface area contributed by atoms with Crippen LogP contribution in [-0.4, -0.2) is 49.8 Å². The van der Waals surface area contributed by atoms with Crippen molar-refractivity contribution in [1.82, 2.24) is 9.21 Å². The summed E-state index contributed by atoms with van der Waals surface area (Å²) in [5, 5.41) is 1.75. The van der Waals surface area contributed by atoms with Gasteiger partial charge in [0.2, 0.25) is 10.0 Å². The Balaban J connectivity index is 1.73. The van der Waals surface area contributed by atoms with Crippen molar-refractivity contribution < 1.29 is 8.42 Å². The molecule has 3 rings (SSSR count). The van der Waals surface area contributed by atoms with Gasteiger partial charge in [0.05, 0.1) is 4.90 Å². The van der Waals surface area contributed by atoms with Crippen molar-refractivity contribution in [3.8, 4) is 0 Å². The van der Waals surface area contributed by atoms with Crippen LogP contribution in [-0.2, 0) is 10.0 Å². The molecule has 0 saturated carbocycles. The first kappa shape index (κ1) is 19.3. The van der Waals surface area contributed by atoms with Gasteiger partial charge in [-0.15, -0.1) is 0 Å². The molecule has 26 heavy (non-hydrogen) atoms. The Morgan fingerprint density at radius 3 is 2.65 bits per heavy atom. The second-order valence-corrected chi connectivity index (χ2v) is 9.54. The van der Waals surface area contributed by atoms with Gasteiger partial charge in [0.15, 0.2) is 0 Å². The van der Waals surface area contributed by atoms with Crippen LogP contribution in [0.25, 0.3) is 10.8 Å². The molecule has 0 N–H and O–H groups in total. The van der Waals surface area contributed by atoms with Crippen LogP contribution >= 0.6 is 0 Å². The highest BCUT2D eigenvalue weighted by molar-refractivity contribution is 7.89. The van der Waals surface area contributed by atoms with E-state index in [9.17, 15) is 8.42 Å². The van der Waals surface area contributed by atoms with Crippen LogP contribution in [0.2, 0.25) is 0 Å². The Morgan fingerprint density at radius 1 is 1.15 bits per heavy atom. The molecule has 0 bridgehead atoms. The van der Waals surface area contributed by atoms with Crippen molar-refractivity contribution in [3.05, 3.63) is 42.5 Å². The first-order valence-corrected chi connectivity index (χ1v) is 11.0.